The van der Waals surface area contributed by atoms with Crippen molar-refractivity contribution in [3.8, 4) is 34.3 Å². The minimum absolute atomic E-state index is 0.465. The predicted molar refractivity (Wildman–Crippen MR) is 114 cm³/mol. The number of methoxy groups -OCH3 is 2. The number of hydrogen-bond acceptors (Lipinski definition) is 8. The summed E-state index contributed by atoms with van der Waals surface area (Å²) in [7, 11) is 5.08. The summed E-state index contributed by atoms with van der Waals surface area (Å²) in [4.78, 5) is 4.46. The van der Waals surface area contributed by atoms with Crippen LogP contribution in [0.1, 0.15) is 5.89 Å². The number of rotatable bonds is 7. The van der Waals surface area contributed by atoms with Crippen LogP contribution in [0.5, 0.6) is 11.5 Å². The number of nitrogens with zero attached hydrogens (tertiary/aromatic N) is 5. The van der Waals surface area contributed by atoms with Gasteiger partial charge < -0.3 is 18.6 Å². The van der Waals surface area contributed by atoms with Gasteiger partial charge in [0.05, 0.1) is 20.0 Å². The molecule has 2 aromatic carbocycles. The Balaban J connectivity index is 1.47. The van der Waals surface area contributed by atoms with E-state index in [1.807, 2.05) is 48.0 Å². The van der Waals surface area contributed by atoms with Crippen molar-refractivity contribution < 1.29 is 14.0 Å². The van der Waals surface area contributed by atoms with Crippen molar-refractivity contribution in [3.63, 3.8) is 0 Å². The zero-order chi connectivity index (χ0) is 21.1. The zero-order valence-corrected chi connectivity index (χ0v) is 18.1. The lowest BCUT2D eigenvalue weighted by molar-refractivity contribution is 0.355. The van der Waals surface area contributed by atoms with Crippen LogP contribution in [0, 0.1) is 0 Å². The monoisotopic (exact) mass is 443 g/mol. The van der Waals surface area contributed by atoms with Gasteiger partial charge in [0, 0.05) is 23.2 Å². The van der Waals surface area contributed by atoms with Crippen LogP contribution in [-0.4, -0.2) is 39.1 Å². The number of hydrogen-bond donors (Lipinski definition) is 0. The molecule has 0 bridgehead atoms. The highest BCUT2D eigenvalue weighted by atomic mass is 35.5. The highest BCUT2D eigenvalue weighted by Gasteiger charge is 2.15. The number of halogens is 1. The summed E-state index contributed by atoms with van der Waals surface area (Å²) in [5, 5.41) is 14.0. The third-order valence-corrected chi connectivity index (χ3v) is 5.63. The second kappa shape index (κ2) is 8.76. The molecule has 10 heteroatoms. The summed E-state index contributed by atoms with van der Waals surface area (Å²) in [5.41, 5.74) is 1.71. The van der Waals surface area contributed by atoms with Crippen LogP contribution in [0.25, 0.3) is 22.8 Å². The van der Waals surface area contributed by atoms with Crippen LogP contribution in [-0.2, 0) is 12.8 Å². The second-order valence-electron chi connectivity index (χ2n) is 6.24. The van der Waals surface area contributed by atoms with E-state index in [1.165, 1.54) is 11.8 Å². The fourth-order valence-electron chi connectivity index (χ4n) is 2.82. The summed E-state index contributed by atoms with van der Waals surface area (Å²) in [5.74, 6) is 3.43. The predicted octanol–water partition coefficient (Wildman–Crippen LogP) is 4.50. The van der Waals surface area contributed by atoms with E-state index in [-0.39, 0.29) is 0 Å². The summed E-state index contributed by atoms with van der Waals surface area (Å²) in [6, 6.07) is 12.9. The van der Waals surface area contributed by atoms with E-state index in [4.69, 9.17) is 25.6 Å². The lowest BCUT2D eigenvalue weighted by Gasteiger charge is -2.07. The Morgan fingerprint density at radius 3 is 2.47 bits per heavy atom. The highest BCUT2D eigenvalue weighted by molar-refractivity contribution is 7.98. The smallest absolute Gasteiger partial charge is 0.237 e. The maximum atomic E-state index is 5.96. The van der Waals surface area contributed by atoms with E-state index >= 15 is 0 Å². The zero-order valence-electron chi connectivity index (χ0n) is 16.5. The summed E-state index contributed by atoms with van der Waals surface area (Å²) in [6.45, 7) is 0. The highest BCUT2D eigenvalue weighted by Crippen LogP contribution is 2.32. The molecule has 4 aromatic rings. The maximum Gasteiger partial charge on any atom is 0.237 e. The molecule has 0 amide bonds. The third kappa shape index (κ3) is 4.12. The number of benzene rings is 2. The Morgan fingerprint density at radius 2 is 1.73 bits per heavy atom. The molecule has 4 rings (SSSR count). The summed E-state index contributed by atoms with van der Waals surface area (Å²) in [6.07, 6.45) is 0. The lowest BCUT2D eigenvalue weighted by Crippen LogP contribution is -1.95. The normalized spacial score (nSPS) is 10.9. The number of ether oxygens (including phenoxy) is 2. The Morgan fingerprint density at radius 1 is 1.00 bits per heavy atom. The van der Waals surface area contributed by atoms with Crippen molar-refractivity contribution in [3.05, 3.63) is 53.4 Å². The fraction of sp³-hybridized carbons (Fsp3) is 0.200. The van der Waals surface area contributed by atoms with Gasteiger partial charge in [-0.05, 0) is 42.5 Å². The minimum atomic E-state index is 0.465. The van der Waals surface area contributed by atoms with Gasteiger partial charge >= 0.3 is 0 Å². The Bertz CT molecular complexity index is 1160. The topological polar surface area (TPSA) is 88.1 Å². The van der Waals surface area contributed by atoms with Gasteiger partial charge in [-0.3, -0.25) is 0 Å². The van der Waals surface area contributed by atoms with Crippen LogP contribution in [0.2, 0.25) is 5.02 Å². The molecule has 0 N–H and O–H groups in total. The quantitative estimate of drug-likeness (QED) is 0.386. The van der Waals surface area contributed by atoms with Gasteiger partial charge in [-0.15, -0.1) is 10.2 Å². The Kier molecular flexibility index (Phi) is 5.91. The first-order valence-corrected chi connectivity index (χ1v) is 10.3. The van der Waals surface area contributed by atoms with Gasteiger partial charge in [0.25, 0.3) is 0 Å². The first kappa shape index (κ1) is 20.2. The molecule has 0 aliphatic carbocycles. The van der Waals surface area contributed by atoms with Crippen LogP contribution in [0.3, 0.4) is 0 Å². The molecule has 0 radical (unpaired) electrons. The van der Waals surface area contributed by atoms with E-state index in [0.717, 1.165) is 22.1 Å². The molecule has 2 aromatic heterocycles. The second-order valence-corrected chi connectivity index (χ2v) is 7.62. The van der Waals surface area contributed by atoms with Crippen LogP contribution >= 0.6 is 23.4 Å². The largest absolute Gasteiger partial charge is 0.493 e. The molecule has 0 saturated heterocycles. The minimum Gasteiger partial charge on any atom is -0.493 e. The van der Waals surface area contributed by atoms with E-state index in [1.54, 1.807) is 20.3 Å². The number of aromatic nitrogens is 5. The molecular formula is C20H18ClN5O3S. The van der Waals surface area contributed by atoms with Gasteiger partial charge in [0.2, 0.25) is 11.7 Å². The van der Waals surface area contributed by atoms with Gasteiger partial charge in [-0.2, -0.15) is 4.98 Å². The third-order valence-electron chi connectivity index (χ3n) is 4.37. The standard InChI is InChI=1S/C20H18ClN5O3S/c1-26-19(12-4-7-14(21)8-5-12)23-24-20(26)30-11-17-22-18(25-29-17)13-6-9-15(27-2)16(10-13)28-3/h4-10H,11H2,1-3H3. The molecule has 8 nitrogen and oxygen atoms in total. The average Bonchev–Trinajstić information content (AvgIpc) is 3.39. The van der Waals surface area contributed by atoms with E-state index in [9.17, 15) is 0 Å². The molecule has 0 fully saturated rings. The molecule has 0 aliphatic heterocycles. The van der Waals surface area contributed by atoms with Crippen LogP contribution in [0.15, 0.2) is 52.1 Å². The Labute approximate surface area is 182 Å². The van der Waals surface area contributed by atoms with Crippen molar-refractivity contribution in [2.24, 2.45) is 7.05 Å². The molecule has 154 valence electrons. The molecule has 0 atom stereocenters. The molecule has 2 heterocycles. The SMILES string of the molecule is COc1ccc(-c2noc(CSc3nnc(-c4ccc(Cl)cc4)n3C)n2)cc1OC. The van der Waals surface area contributed by atoms with Crippen LogP contribution < -0.4 is 9.47 Å². The molecule has 0 unspecified atom stereocenters. The van der Waals surface area contributed by atoms with Gasteiger partial charge in [-0.25, -0.2) is 0 Å². The molecule has 0 saturated carbocycles. The summed E-state index contributed by atoms with van der Waals surface area (Å²) >= 11 is 7.42. The van der Waals surface area contributed by atoms with Crippen molar-refractivity contribution in [2.45, 2.75) is 10.9 Å². The molecule has 0 spiro atoms. The average molecular weight is 444 g/mol. The fourth-order valence-corrected chi connectivity index (χ4v) is 3.70. The van der Waals surface area contributed by atoms with E-state index in [2.05, 4.69) is 20.3 Å². The van der Waals surface area contributed by atoms with E-state index < -0.39 is 0 Å². The van der Waals surface area contributed by atoms with Gasteiger partial charge in [0.15, 0.2) is 22.5 Å². The Hall–Kier alpha value is -3.04. The van der Waals surface area contributed by atoms with Crippen molar-refractivity contribution in [1.82, 2.24) is 24.9 Å². The molecule has 30 heavy (non-hydrogen) atoms. The molecule has 0 aliphatic rings. The van der Waals surface area contributed by atoms with Crippen molar-refractivity contribution >= 4 is 23.4 Å². The first-order chi connectivity index (χ1) is 14.6. The van der Waals surface area contributed by atoms with Crippen molar-refractivity contribution in [1.29, 1.82) is 0 Å². The van der Waals surface area contributed by atoms with Gasteiger partial charge in [0.1, 0.15) is 0 Å². The number of thioether (sulfide) groups is 1. The van der Waals surface area contributed by atoms with Crippen molar-refractivity contribution in [2.75, 3.05) is 14.2 Å². The lowest BCUT2D eigenvalue weighted by atomic mass is 10.2. The summed E-state index contributed by atoms with van der Waals surface area (Å²) < 4.78 is 17.9. The van der Waals surface area contributed by atoms with E-state index in [0.29, 0.717) is 34.0 Å². The molecular weight excluding hydrogens is 426 g/mol. The first-order valence-electron chi connectivity index (χ1n) is 8.92. The maximum absolute atomic E-state index is 5.96. The van der Waals surface area contributed by atoms with Gasteiger partial charge in [-0.1, -0.05) is 28.5 Å². The van der Waals surface area contributed by atoms with Crippen LogP contribution in [0.4, 0.5) is 0 Å².